The fourth-order valence-corrected chi connectivity index (χ4v) is 2.62. The van der Waals surface area contributed by atoms with Gasteiger partial charge in [0.05, 0.1) is 13.3 Å². The van der Waals surface area contributed by atoms with E-state index in [0.717, 1.165) is 31.4 Å². The number of rotatable bonds is 3. The van der Waals surface area contributed by atoms with E-state index in [-0.39, 0.29) is 11.7 Å². The van der Waals surface area contributed by atoms with Crippen LogP contribution in [0, 0.1) is 5.92 Å². The summed E-state index contributed by atoms with van der Waals surface area (Å²) in [5.74, 6) is 1.00. The predicted octanol–water partition coefficient (Wildman–Crippen LogP) is 2.62. The van der Waals surface area contributed by atoms with E-state index in [9.17, 15) is 9.90 Å². The molecule has 18 heavy (non-hydrogen) atoms. The van der Waals surface area contributed by atoms with Gasteiger partial charge in [-0.1, -0.05) is 0 Å². The number of carbonyl (C=O) groups excluding carboxylic acids is 1. The van der Waals surface area contributed by atoms with Crippen molar-refractivity contribution in [3.8, 4) is 5.75 Å². The van der Waals surface area contributed by atoms with Gasteiger partial charge in [0.25, 0.3) is 0 Å². The summed E-state index contributed by atoms with van der Waals surface area (Å²) >= 11 is 0. The Labute approximate surface area is 107 Å². The van der Waals surface area contributed by atoms with Crippen LogP contribution in [0.1, 0.15) is 43.7 Å². The van der Waals surface area contributed by atoms with E-state index in [0.29, 0.717) is 18.3 Å². The molecule has 0 amide bonds. The molecule has 0 spiro atoms. The Morgan fingerprint density at radius 2 is 2.11 bits per heavy atom. The van der Waals surface area contributed by atoms with Crippen LogP contribution in [0.15, 0.2) is 18.3 Å². The van der Waals surface area contributed by atoms with Crippen LogP contribution in [0.4, 0.5) is 0 Å². The third kappa shape index (κ3) is 3.22. The van der Waals surface area contributed by atoms with Gasteiger partial charge >= 0.3 is 5.97 Å². The number of esters is 1. The molecule has 0 radical (unpaired) electrons. The molecular weight excluding hydrogens is 230 g/mol. The minimum absolute atomic E-state index is 0.110. The molecule has 4 nitrogen and oxygen atoms in total. The Kier molecular flexibility index (Phi) is 4.18. The number of carbonyl (C=O) groups is 1. The summed E-state index contributed by atoms with van der Waals surface area (Å²) in [4.78, 5) is 15.5. The van der Waals surface area contributed by atoms with E-state index in [1.165, 1.54) is 13.3 Å². The number of pyridine rings is 1. The molecule has 1 N–H and O–H groups in total. The lowest BCUT2D eigenvalue weighted by Gasteiger charge is -2.27. The Balaban J connectivity index is 1.86. The molecule has 0 bridgehead atoms. The second-order valence-corrected chi connectivity index (χ2v) is 4.94. The fraction of sp³-hybridized carbons (Fsp3) is 0.571. The normalized spacial score (nSPS) is 23.6. The summed E-state index contributed by atoms with van der Waals surface area (Å²) < 4.78 is 4.70. The highest BCUT2D eigenvalue weighted by molar-refractivity contribution is 5.69. The first-order chi connectivity index (χ1) is 8.69. The molecule has 0 aromatic carbocycles. The molecule has 1 aliphatic carbocycles. The Morgan fingerprint density at radius 3 is 2.67 bits per heavy atom. The zero-order chi connectivity index (χ0) is 13.0. The standard InChI is InChI=1S/C14H19NO3/c1-18-14(17)8-10-2-4-11(5-3-10)13-7-6-12(16)9-15-13/h6-7,9-11,16H,2-5,8H2,1H3. The molecule has 0 saturated heterocycles. The molecule has 1 aromatic rings. The van der Waals surface area contributed by atoms with Crippen LogP contribution in [-0.4, -0.2) is 23.2 Å². The number of methoxy groups -OCH3 is 1. The average molecular weight is 249 g/mol. The van der Waals surface area contributed by atoms with Crippen molar-refractivity contribution in [2.45, 2.75) is 38.0 Å². The van der Waals surface area contributed by atoms with E-state index in [1.54, 1.807) is 6.07 Å². The van der Waals surface area contributed by atoms with Gasteiger partial charge in [-0.05, 0) is 43.7 Å². The molecule has 4 heteroatoms. The highest BCUT2D eigenvalue weighted by Gasteiger charge is 2.24. The maximum atomic E-state index is 11.2. The van der Waals surface area contributed by atoms with E-state index in [1.807, 2.05) is 6.07 Å². The first kappa shape index (κ1) is 12.9. The van der Waals surface area contributed by atoms with E-state index in [4.69, 9.17) is 4.74 Å². The van der Waals surface area contributed by atoms with Crippen LogP contribution in [0.2, 0.25) is 0 Å². The average Bonchev–Trinajstić information content (AvgIpc) is 2.40. The maximum absolute atomic E-state index is 11.2. The third-order valence-corrected chi connectivity index (χ3v) is 3.72. The summed E-state index contributed by atoms with van der Waals surface area (Å²) in [7, 11) is 1.44. The largest absolute Gasteiger partial charge is 0.506 e. The molecule has 1 heterocycles. The van der Waals surface area contributed by atoms with Crippen LogP contribution in [-0.2, 0) is 9.53 Å². The first-order valence-corrected chi connectivity index (χ1v) is 6.40. The van der Waals surface area contributed by atoms with Gasteiger partial charge < -0.3 is 9.84 Å². The monoisotopic (exact) mass is 249 g/mol. The quantitative estimate of drug-likeness (QED) is 0.836. The molecule has 1 fully saturated rings. The lowest BCUT2D eigenvalue weighted by atomic mass is 9.79. The van der Waals surface area contributed by atoms with Crippen LogP contribution >= 0.6 is 0 Å². The zero-order valence-electron chi connectivity index (χ0n) is 10.6. The molecule has 1 saturated carbocycles. The minimum Gasteiger partial charge on any atom is -0.506 e. The van der Waals surface area contributed by atoms with Gasteiger partial charge in [0, 0.05) is 18.0 Å². The van der Waals surface area contributed by atoms with Gasteiger partial charge in [0.15, 0.2) is 0 Å². The SMILES string of the molecule is COC(=O)CC1CCC(c2ccc(O)cn2)CC1. The Hall–Kier alpha value is -1.58. The Morgan fingerprint density at radius 1 is 1.39 bits per heavy atom. The molecule has 1 aromatic heterocycles. The summed E-state index contributed by atoms with van der Waals surface area (Å²) in [5, 5.41) is 9.21. The van der Waals surface area contributed by atoms with Crippen molar-refractivity contribution in [3.05, 3.63) is 24.0 Å². The minimum atomic E-state index is -0.110. The van der Waals surface area contributed by atoms with Crippen molar-refractivity contribution >= 4 is 5.97 Å². The van der Waals surface area contributed by atoms with Crippen molar-refractivity contribution in [2.75, 3.05) is 7.11 Å². The fourth-order valence-electron chi connectivity index (χ4n) is 2.62. The molecule has 0 atom stereocenters. The van der Waals surface area contributed by atoms with Gasteiger partial charge in [-0.3, -0.25) is 9.78 Å². The number of aromatic nitrogens is 1. The van der Waals surface area contributed by atoms with Gasteiger partial charge in [-0.2, -0.15) is 0 Å². The summed E-state index contributed by atoms with van der Waals surface area (Å²) in [6, 6.07) is 3.57. The molecular formula is C14H19NO3. The number of aromatic hydroxyl groups is 1. The van der Waals surface area contributed by atoms with Gasteiger partial charge in [0.1, 0.15) is 5.75 Å². The van der Waals surface area contributed by atoms with Gasteiger partial charge in [0.2, 0.25) is 0 Å². The second-order valence-electron chi connectivity index (χ2n) is 4.94. The maximum Gasteiger partial charge on any atom is 0.305 e. The van der Waals surface area contributed by atoms with E-state index < -0.39 is 0 Å². The smallest absolute Gasteiger partial charge is 0.305 e. The topological polar surface area (TPSA) is 59.4 Å². The summed E-state index contributed by atoms with van der Waals surface area (Å²) in [6.07, 6.45) is 6.23. The van der Waals surface area contributed by atoms with Crippen molar-refractivity contribution in [1.82, 2.24) is 4.98 Å². The number of ether oxygens (including phenoxy) is 1. The first-order valence-electron chi connectivity index (χ1n) is 6.40. The summed E-state index contributed by atoms with van der Waals surface area (Å²) in [6.45, 7) is 0. The zero-order valence-corrected chi connectivity index (χ0v) is 10.6. The van der Waals surface area contributed by atoms with E-state index >= 15 is 0 Å². The second kappa shape index (κ2) is 5.85. The van der Waals surface area contributed by atoms with Crippen molar-refractivity contribution in [3.63, 3.8) is 0 Å². The van der Waals surface area contributed by atoms with Crippen LogP contribution in [0.3, 0.4) is 0 Å². The number of hydrogen-bond acceptors (Lipinski definition) is 4. The van der Waals surface area contributed by atoms with Crippen LogP contribution in [0.5, 0.6) is 5.75 Å². The van der Waals surface area contributed by atoms with Gasteiger partial charge in [-0.15, -0.1) is 0 Å². The van der Waals surface area contributed by atoms with Crippen molar-refractivity contribution in [1.29, 1.82) is 0 Å². The molecule has 98 valence electrons. The molecule has 1 aliphatic rings. The van der Waals surface area contributed by atoms with Crippen molar-refractivity contribution in [2.24, 2.45) is 5.92 Å². The molecule has 0 aliphatic heterocycles. The molecule has 2 rings (SSSR count). The predicted molar refractivity (Wildman–Crippen MR) is 67.2 cm³/mol. The van der Waals surface area contributed by atoms with Gasteiger partial charge in [-0.25, -0.2) is 0 Å². The van der Waals surface area contributed by atoms with E-state index in [2.05, 4.69) is 4.98 Å². The lowest BCUT2D eigenvalue weighted by molar-refractivity contribution is -0.142. The highest BCUT2D eigenvalue weighted by atomic mass is 16.5. The Bertz CT molecular complexity index is 394. The highest BCUT2D eigenvalue weighted by Crippen LogP contribution is 2.36. The van der Waals surface area contributed by atoms with Crippen LogP contribution < -0.4 is 0 Å². The lowest BCUT2D eigenvalue weighted by Crippen LogP contribution is -2.17. The third-order valence-electron chi connectivity index (χ3n) is 3.72. The molecule has 0 unspecified atom stereocenters. The number of nitrogens with zero attached hydrogens (tertiary/aromatic N) is 1. The van der Waals surface area contributed by atoms with Crippen LogP contribution in [0.25, 0.3) is 0 Å². The summed E-state index contributed by atoms with van der Waals surface area (Å²) in [5.41, 5.74) is 1.05. The number of hydrogen-bond donors (Lipinski definition) is 1. The van der Waals surface area contributed by atoms with Crippen molar-refractivity contribution < 1.29 is 14.6 Å².